The van der Waals surface area contributed by atoms with Gasteiger partial charge >= 0.3 is 0 Å². The third kappa shape index (κ3) is 3.49. The van der Waals surface area contributed by atoms with Gasteiger partial charge in [-0.2, -0.15) is 0 Å². The van der Waals surface area contributed by atoms with E-state index in [2.05, 4.69) is 20.8 Å². The molecular formula is C11H13BrN2O3. The van der Waals surface area contributed by atoms with Gasteiger partial charge in [0.15, 0.2) is 0 Å². The van der Waals surface area contributed by atoms with Crippen molar-refractivity contribution in [1.82, 2.24) is 4.90 Å². The van der Waals surface area contributed by atoms with E-state index in [4.69, 9.17) is 4.74 Å². The van der Waals surface area contributed by atoms with E-state index >= 15 is 0 Å². The number of morpholine rings is 1. The van der Waals surface area contributed by atoms with Gasteiger partial charge in [-0.25, -0.2) is 0 Å². The molecule has 1 aliphatic rings. The number of hydrogen-bond acceptors (Lipinski definition) is 4. The molecule has 2 rings (SSSR count). The summed E-state index contributed by atoms with van der Waals surface area (Å²) in [5.41, 5.74) is 1.08. The van der Waals surface area contributed by atoms with E-state index in [1.807, 2.05) is 6.07 Å². The van der Waals surface area contributed by atoms with Gasteiger partial charge in [0.2, 0.25) is 0 Å². The van der Waals surface area contributed by atoms with Crippen molar-refractivity contribution < 1.29 is 9.66 Å². The van der Waals surface area contributed by atoms with Crippen LogP contribution in [0.3, 0.4) is 0 Å². The highest BCUT2D eigenvalue weighted by molar-refractivity contribution is 9.10. The minimum absolute atomic E-state index is 0.127. The number of hydrogen-bond donors (Lipinski definition) is 0. The number of nitro benzene ring substituents is 1. The largest absolute Gasteiger partial charge is 0.379 e. The Labute approximate surface area is 108 Å². The highest BCUT2D eigenvalue weighted by Gasteiger charge is 2.14. The van der Waals surface area contributed by atoms with Crippen molar-refractivity contribution >= 4 is 21.6 Å². The van der Waals surface area contributed by atoms with Crippen LogP contribution in [0.4, 0.5) is 5.69 Å². The van der Waals surface area contributed by atoms with Gasteiger partial charge in [-0.1, -0.05) is 15.9 Å². The van der Waals surface area contributed by atoms with Crippen LogP contribution in [-0.4, -0.2) is 36.1 Å². The van der Waals surface area contributed by atoms with Crippen LogP contribution >= 0.6 is 15.9 Å². The molecular weight excluding hydrogens is 288 g/mol. The summed E-state index contributed by atoms with van der Waals surface area (Å²) < 4.78 is 6.01. The maximum absolute atomic E-state index is 10.7. The van der Waals surface area contributed by atoms with E-state index < -0.39 is 0 Å². The second kappa shape index (κ2) is 5.57. The second-order valence-corrected chi connectivity index (χ2v) is 4.88. The highest BCUT2D eigenvalue weighted by Crippen LogP contribution is 2.22. The number of ether oxygens (including phenoxy) is 1. The molecule has 1 aromatic rings. The maximum Gasteiger partial charge on any atom is 0.270 e. The number of benzene rings is 1. The molecule has 1 aromatic carbocycles. The monoisotopic (exact) mass is 300 g/mol. The number of non-ortho nitro benzene ring substituents is 1. The Balaban J connectivity index is 2.11. The maximum atomic E-state index is 10.7. The van der Waals surface area contributed by atoms with Gasteiger partial charge in [0.25, 0.3) is 5.69 Å². The summed E-state index contributed by atoms with van der Waals surface area (Å²) in [6.45, 7) is 3.94. The first-order chi connectivity index (χ1) is 8.15. The van der Waals surface area contributed by atoms with Crippen LogP contribution in [0.15, 0.2) is 22.7 Å². The molecule has 0 bridgehead atoms. The van der Waals surface area contributed by atoms with Crippen LogP contribution in [0.2, 0.25) is 0 Å². The van der Waals surface area contributed by atoms with Gasteiger partial charge in [0, 0.05) is 36.2 Å². The molecule has 92 valence electrons. The first-order valence-corrected chi connectivity index (χ1v) is 6.18. The lowest BCUT2D eigenvalue weighted by Gasteiger charge is -2.26. The van der Waals surface area contributed by atoms with Crippen molar-refractivity contribution in [3.8, 4) is 0 Å². The van der Waals surface area contributed by atoms with Crippen LogP contribution in [-0.2, 0) is 11.3 Å². The fourth-order valence-corrected chi connectivity index (χ4v) is 2.38. The van der Waals surface area contributed by atoms with Gasteiger partial charge < -0.3 is 4.74 Å². The summed E-state index contributed by atoms with van der Waals surface area (Å²) in [5.74, 6) is 0. The molecule has 5 nitrogen and oxygen atoms in total. The average molecular weight is 301 g/mol. The van der Waals surface area contributed by atoms with E-state index in [9.17, 15) is 10.1 Å². The third-order valence-electron chi connectivity index (χ3n) is 2.66. The zero-order valence-electron chi connectivity index (χ0n) is 9.26. The number of nitro groups is 1. The van der Waals surface area contributed by atoms with Crippen LogP contribution in [0.5, 0.6) is 0 Å². The molecule has 1 saturated heterocycles. The van der Waals surface area contributed by atoms with Crippen LogP contribution in [0.25, 0.3) is 0 Å². The average Bonchev–Trinajstić information content (AvgIpc) is 2.29. The van der Waals surface area contributed by atoms with Crippen LogP contribution in [0.1, 0.15) is 5.56 Å². The molecule has 1 heterocycles. The van der Waals surface area contributed by atoms with Crippen LogP contribution in [0, 0.1) is 10.1 Å². The lowest BCUT2D eigenvalue weighted by atomic mass is 10.2. The Bertz CT molecular complexity index is 419. The van der Waals surface area contributed by atoms with Crippen molar-refractivity contribution in [2.24, 2.45) is 0 Å². The quantitative estimate of drug-likeness (QED) is 0.634. The standard InChI is InChI=1S/C11H13BrN2O3/c12-10-5-9(6-11(7-10)14(15)16)8-13-1-3-17-4-2-13/h5-7H,1-4,8H2. The first-order valence-electron chi connectivity index (χ1n) is 5.39. The summed E-state index contributed by atoms with van der Waals surface area (Å²) >= 11 is 3.30. The van der Waals surface area contributed by atoms with Gasteiger partial charge in [-0.15, -0.1) is 0 Å². The Hall–Kier alpha value is -0.980. The Morgan fingerprint density at radius 1 is 1.35 bits per heavy atom. The summed E-state index contributed by atoms with van der Waals surface area (Å²) in [6.07, 6.45) is 0. The van der Waals surface area contributed by atoms with Gasteiger partial charge in [0.05, 0.1) is 18.1 Å². The first kappa shape index (κ1) is 12.5. The molecule has 6 heteroatoms. The molecule has 0 aromatic heterocycles. The lowest BCUT2D eigenvalue weighted by Crippen LogP contribution is -2.35. The summed E-state index contributed by atoms with van der Waals surface area (Å²) in [4.78, 5) is 12.6. The van der Waals surface area contributed by atoms with Crippen molar-refractivity contribution in [2.45, 2.75) is 6.54 Å². The molecule has 0 atom stereocenters. The zero-order valence-corrected chi connectivity index (χ0v) is 10.9. The van der Waals surface area contributed by atoms with Crippen molar-refractivity contribution in [3.05, 3.63) is 38.3 Å². The Kier molecular flexibility index (Phi) is 4.09. The molecule has 0 amide bonds. The highest BCUT2D eigenvalue weighted by atomic mass is 79.9. The van der Waals surface area contributed by atoms with E-state index in [0.29, 0.717) is 0 Å². The predicted octanol–water partition coefficient (Wildman–Crippen LogP) is 2.19. The van der Waals surface area contributed by atoms with Crippen LogP contribution < -0.4 is 0 Å². The molecule has 1 aliphatic heterocycles. The van der Waals surface area contributed by atoms with Crippen molar-refractivity contribution in [2.75, 3.05) is 26.3 Å². The normalized spacial score (nSPS) is 17.0. The molecule has 1 fully saturated rings. The van der Waals surface area contributed by atoms with Crippen molar-refractivity contribution in [3.63, 3.8) is 0 Å². The van der Waals surface area contributed by atoms with E-state index in [1.165, 1.54) is 6.07 Å². The molecule has 0 aliphatic carbocycles. The smallest absolute Gasteiger partial charge is 0.270 e. The number of nitrogens with zero attached hydrogens (tertiary/aromatic N) is 2. The number of halogens is 1. The molecule has 0 N–H and O–H groups in total. The topological polar surface area (TPSA) is 55.6 Å². The fraction of sp³-hybridized carbons (Fsp3) is 0.455. The minimum atomic E-state index is -0.367. The summed E-state index contributed by atoms with van der Waals surface area (Å²) in [6, 6.07) is 5.06. The van der Waals surface area contributed by atoms with E-state index in [0.717, 1.165) is 42.9 Å². The molecule has 0 saturated carbocycles. The minimum Gasteiger partial charge on any atom is -0.379 e. The van der Waals surface area contributed by atoms with Gasteiger partial charge in [0.1, 0.15) is 0 Å². The van der Waals surface area contributed by atoms with Gasteiger partial charge in [-0.05, 0) is 11.6 Å². The summed E-state index contributed by atoms with van der Waals surface area (Å²) in [7, 11) is 0. The zero-order chi connectivity index (χ0) is 12.3. The van der Waals surface area contributed by atoms with Crippen molar-refractivity contribution in [1.29, 1.82) is 0 Å². The Morgan fingerprint density at radius 3 is 2.71 bits per heavy atom. The van der Waals surface area contributed by atoms with Gasteiger partial charge in [-0.3, -0.25) is 15.0 Å². The number of rotatable bonds is 3. The summed E-state index contributed by atoms with van der Waals surface area (Å²) in [5, 5.41) is 10.7. The molecule has 17 heavy (non-hydrogen) atoms. The van der Waals surface area contributed by atoms with E-state index in [-0.39, 0.29) is 10.6 Å². The second-order valence-electron chi connectivity index (χ2n) is 3.96. The molecule has 0 unspecified atom stereocenters. The molecule has 0 radical (unpaired) electrons. The lowest BCUT2D eigenvalue weighted by molar-refractivity contribution is -0.385. The van der Waals surface area contributed by atoms with E-state index in [1.54, 1.807) is 6.07 Å². The predicted molar refractivity (Wildman–Crippen MR) is 66.9 cm³/mol. The fourth-order valence-electron chi connectivity index (χ4n) is 1.85. The third-order valence-corrected chi connectivity index (χ3v) is 3.12. The molecule has 0 spiro atoms. The Morgan fingerprint density at radius 2 is 2.06 bits per heavy atom. The SMILES string of the molecule is O=[N+]([O-])c1cc(Br)cc(CN2CCOCC2)c1.